The van der Waals surface area contributed by atoms with Gasteiger partial charge in [0, 0.05) is 24.6 Å². The molecule has 0 fully saturated rings. The zero-order valence-electron chi connectivity index (χ0n) is 12.2. The van der Waals surface area contributed by atoms with Crippen LogP contribution in [-0.2, 0) is 13.2 Å². The summed E-state index contributed by atoms with van der Waals surface area (Å²) >= 11 is 0. The maximum Gasteiger partial charge on any atom is 0.142 e. The minimum atomic E-state index is 0.434. The van der Waals surface area contributed by atoms with Crippen molar-refractivity contribution in [1.29, 1.82) is 0 Å². The number of imidazole rings is 1. The molecule has 0 aliphatic carbocycles. The van der Waals surface area contributed by atoms with Crippen molar-refractivity contribution in [3.8, 4) is 5.75 Å². The smallest absolute Gasteiger partial charge is 0.142 e. The fourth-order valence-electron chi connectivity index (χ4n) is 2.23. The van der Waals surface area contributed by atoms with Crippen molar-refractivity contribution in [2.75, 3.05) is 7.05 Å². The maximum atomic E-state index is 5.88. The largest absolute Gasteiger partial charge is 0.485 e. The molecule has 0 bridgehead atoms. The fourth-order valence-corrected chi connectivity index (χ4v) is 2.23. The van der Waals surface area contributed by atoms with Crippen LogP contribution in [0, 0.1) is 6.92 Å². The highest BCUT2D eigenvalue weighted by Crippen LogP contribution is 2.18. The Morgan fingerprint density at radius 2 is 2.10 bits per heavy atom. The second-order valence-electron chi connectivity index (χ2n) is 4.91. The first kappa shape index (κ1) is 13.6. The third-order valence-corrected chi connectivity index (χ3v) is 3.21. The van der Waals surface area contributed by atoms with E-state index in [1.165, 1.54) is 0 Å². The number of ether oxygens (including phenoxy) is 1. The average molecular weight is 282 g/mol. The normalized spacial score (nSPS) is 11.0. The van der Waals surface area contributed by atoms with Crippen LogP contribution in [0.25, 0.3) is 5.65 Å². The van der Waals surface area contributed by atoms with Crippen LogP contribution in [0.1, 0.15) is 17.1 Å². The lowest BCUT2D eigenvalue weighted by molar-refractivity contribution is 0.296. The van der Waals surface area contributed by atoms with Gasteiger partial charge in [-0.3, -0.25) is 4.98 Å². The van der Waals surface area contributed by atoms with Crippen LogP contribution in [0.3, 0.4) is 0 Å². The lowest BCUT2D eigenvalue weighted by Crippen LogP contribution is -2.10. The van der Waals surface area contributed by atoms with Crippen molar-refractivity contribution < 1.29 is 4.74 Å². The van der Waals surface area contributed by atoms with Crippen molar-refractivity contribution in [1.82, 2.24) is 19.7 Å². The number of hydrogen-bond acceptors (Lipinski definition) is 4. The minimum absolute atomic E-state index is 0.434. The van der Waals surface area contributed by atoms with Gasteiger partial charge in [-0.15, -0.1) is 0 Å². The van der Waals surface area contributed by atoms with E-state index in [2.05, 4.69) is 15.3 Å². The lowest BCUT2D eigenvalue weighted by Gasteiger charge is -2.10. The van der Waals surface area contributed by atoms with E-state index < -0.39 is 0 Å². The molecular formula is C16H18N4O. The van der Waals surface area contributed by atoms with Crippen LogP contribution in [-0.4, -0.2) is 21.4 Å². The van der Waals surface area contributed by atoms with E-state index in [0.717, 1.165) is 28.5 Å². The van der Waals surface area contributed by atoms with Gasteiger partial charge in [0.05, 0.1) is 11.4 Å². The number of hydrogen-bond donors (Lipinski definition) is 1. The molecule has 5 nitrogen and oxygen atoms in total. The molecule has 0 aliphatic rings. The van der Waals surface area contributed by atoms with Crippen molar-refractivity contribution >= 4 is 5.65 Å². The van der Waals surface area contributed by atoms with Crippen molar-refractivity contribution in [3.63, 3.8) is 0 Å². The number of nitrogens with one attached hydrogen (secondary N) is 1. The molecule has 0 aromatic carbocycles. The topological polar surface area (TPSA) is 51.5 Å². The summed E-state index contributed by atoms with van der Waals surface area (Å²) in [5, 5.41) is 3.11. The standard InChI is InChI=1S/C16H18N4O/c1-12-6-7-15(14(18-12)9-17-2)21-11-13-10-20-8-4-3-5-16(20)19-13/h3-8,10,17H,9,11H2,1-2H3. The summed E-state index contributed by atoms with van der Waals surface area (Å²) < 4.78 is 7.87. The number of aromatic nitrogens is 3. The number of rotatable bonds is 5. The first-order valence-electron chi connectivity index (χ1n) is 6.93. The maximum absolute atomic E-state index is 5.88. The van der Waals surface area contributed by atoms with Crippen LogP contribution in [0.15, 0.2) is 42.7 Å². The first-order valence-corrected chi connectivity index (χ1v) is 6.93. The van der Waals surface area contributed by atoms with Gasteiger partial charge < -0.3 is 14.5 Å². The summed E-state index contributed by atoms with van der Waals surface area (Å²) in [7, 11) is 1.90. The van der Waals surface area contributed by atoms with E-state index in [4.69, 9.17) is 4.74 Å². The van der Waals surface area contributed by atoms with Crippen molar-refractivity contribution in [2.45, 2.75) is 20.1 Å². The predicted octanol–water partition coefficient (Wildman–Crippen LogP) is 2.34. The molecule has 0 aliphatic heterocycles. The van der Waals surface area contributed by atoms with Crippen molar-refractivity contribution in [3.05, 3.63) is 59.8 Å². The molecule has 21 heavy (non-hydrogen) atoms. The van der Waals surface area contributed by atoms with E-state index >= 15 is 0 Å². The van der Waals surface area contributed by atoms with E-state index in [0.29, 0.717) is 13.2 Å². The molecule has 0 spiro atoms. The van der Waals surface area contributed by atoms with Gasteiger partial charge >= 0.3 is 0 Å². The van der Waals surface area contributed by atoms with E-state index in [1.54, 1.807) is 0 Å². The molecule has 0 saturated carbocycles. The SMILES string of the molecule is CNCc1nc(C)ccc1OCc1cn2ccccc2n1. The van der Waals surface area contributed by atoms with Gasteiger partial charge in [0.25, 0.3) is 0 Å². The molecule has 0 saturated heterocycles. The molecular weight excluding hydrogens is 264 g/mol. The fraction of sp³-hybridized carbons (Fsp3) is 0.250. The molecule has 0 radical (unpaired) electrons. The molecule has 3 heterocycles. The van der Waals surface area contributed by atoms with E-state index in [-0.39, 0.29) is 0 Å². The number of fused-ring (bicyclic) bond motifs is 1. The highest BCUT2D eigenvalue weighted by Gasteiger charge is 2.07. The lowest BCUT2D eigenvalue weighted by atomic mass is 10.3. The predicted molar refractivity (Wildman–Crippen MR) is 81.3 cm³/mol. The summed E-state index contributed by atoms with van der Waals surface area (Å²) in [6, 6.07) is 9.85. The Bertz CT molecular complexity index is 718. The minimum Gasteiger partial charge on any atom is -0.485 e. The number of pyridine rings is 2. The third-order valence-electron chi connectivity index (χ3n) is 3.21. The summed E-state index contributed by atoms with van der Waals surface area (Å²) in [5.74, 6) is 0.798. The van der Waals surface area contributed by atoms with Crippen LogP contribution in [0.5, 0.6) is 5.75 Å². The van der Waals surface area contributed by atoms with E-state index in [9.17, 15) is 0 Å². The molecule has 5 heteroatoms. The van der Waals surface area contributed by atoms with Gasteiger partial charge in [0.15, 0.2) is 0 Å². The Balaban J connectivity index is 1.77. The Morgan fingerprint density at radius 1 is 1.19 bits per heavy atom. The second kappa shape index (κ2) is 5.93. The van der Waals surface area contributed by atoms with Gasteiger partial charge in [-0.05, 0) is 38.2 Å². The van der Waals surface area contributed by atoms with Gasteiger partial charge in [-0.2, -0.15) is 0 Å². The summed E-state index contributed by atoms with van der Waals surface area (Å²) in [4.78, 5) is 9.03. The third kappa shape index (κ3) is 3.03. The second-order valence-corrected chi connectivity index (χ2v) is 4.91. The molecule has 0 atom stereocenters. The molecule has 108 valence electrons. The van der Waals surface area contributed by atoms with Crippen molar-refractivity contribution in [2.24, 2.45) is 0 Å². The van der Waals surface area contributed by atoms with Crippen LogP contribution < -0.4 is 10.1 Å². The molecule has 0 unspecified atom stereocenters. The monoisotopic (exact) mass is 282 g/mol. The summed E-state index contributed by atoms with van der Waals surface area (Å²) in [5.41, 5.74) is 3.73. The molecule has 0 amide bonds. The van der Waals surface area contributed by atoms with Crippen LogP contribution in [0.2, 0.25) is 0 Å². The zero-order valence-corrected chi connectivity index (χ0v) is 12.2. The summed E-state index contributed by atoms with van der Waals surface area (Å²) in [6.45, 7) is 3.09. The Kier molecular flexibility index (Phi) is 3.83. The van der Waals surface area contributed by atoms with Gasteiger partial charge in [-0.1, -0.05) is 6.07 Å². The Hall–Kier alpha value is -2.40. The first-order chi connectivity index (χ1) is 10.3. The number of nitrogens with zero attached hydrogens (tertiary/aromatic N) is 3. The molecule has 3 aromatic heterocycles. The zero-order chi connectivity index (χ0) is 14.7. The Labute approximate surface area is 123 Å². The van der Waals surface area contributed by atoms with Crippen LogP contribution >= 0.6 is 0 Å². The highest BCUT2D eigenvalue weighted by atomic mass is 16.5. The molecule has 3 aromatic rings. The van der Waals surface area contributed by atoms with Gasteiger partial charge in [0.2, 0.25) is 0 Å². The molecule has 1 N–H and O–H groups in total. The molecule has 3 rings (SSSR count). The van der Waals surface area contributed by atoms with Gasteiger partial charge in [-0.25, -0.2) is 4.98 Å². The van der Waals surface area contributed by atoms with E-state index in [1.807, 2.05) is 61.1 Å². The quantitative estimate of drug-likeness (QED) is 0.780. The average Bonchev–Trinajstić information content (AvgIpc) is 2.89. The number of aryl methyl sites for hydroxylation is 1. The van der Waals surface area contributed by atoms with Gasteiger partial charge in [0.1, 0.15) is 18.0 Å². The summed E-state index contributed by atoms with van der Waals surface area (Å²) in [6.07, 6.45) is 3.96. The Morgan fingerprint density at radius 3 is 2.90 bits per heavy atom. The highest BCUT2D eigenvalue weighted by molar-refractivity contribution is 5.39. The van der Waals surface area contributed by atoms with Crippen LogP contribution in [0.4, 0.5) is 0 Å².